The standard InChI is InChI=1S/C36H50N4O5.C6H13NO/c1-6-25(4)31(32(42)36(5)19-20-36)40-35(45)30(22-27-15-11-8-12-16-27)39-34(44)29(21-24(2)3)38-33(43)28(37-23-41)18-17-26-13-9-7-10-14-26;1-2-7-3-5-8-6-4-7/h7-16,23-25,28-31H,6,17-22H2,1-5H3,(H,37,41)(H,38,43)(H,39,44)(H,40,45);2-6H2,1H3/t25?,28-,29?,30-,31?;/m0./s1. The van der Waals surface area contributed by atoms with E-state index in [2.05, 4.69) is 33.1 Å². The van der Waals surface area contributed by atoms with Crippen LogP contribution in [0.15, 0.2) is 60.7 Å². The van der Waals surface area contributed by atoms with Crippen LogP contribution in [-0.4, -0.2) is 91.8 Å². The summed E-state index contributed by atoms with van der Waals surface area (Å²) in [6.07, 6.45) is 4.28. The minimum atomic E-state index is -0.972. The van der Waals surface area contributed by atoms with Gasteiger partial charge < -0.3 is 26.0 Å². The predicted molar refractivity (Wildman–Crippen MR) is 208 cm³/mol. The van der Waals surface area contributed by atoms with Crippen LogP contribution < -0.4 is 21.3 Å². The summed E-state index contributed by atoms with van der Waals surface area (Å²) in [5, 5.41) is 11.3. The molecule has 2 fully saturated rings. The molecule has 0 bridgehead atoms. The van der Waals surface area contributed by atoms with Gasteiger partial charge in [0.1, 0.15) is 18.1 Å². The van der Waals surface area contributed by atoms with Gasteiger partial charge in [-0.25, -0.2) is 0 Å². The Kier molecular flexibility index (Phi) is 18.1. The molecule has 2 aromatic carbocycles. The first-order valence-corrected chi connectivity index (χ1v) is 19.4. The lowest BCUT2D eigenvalue weighted by Gasteiger charge is -2.29. The van der Waals surface area contributed by atoms with Crippen LogP contribution in [0.4, 0.5) is 0 Å². The van der Waals surface area contributed by atoms with Crippen molar-refractivity contribution < 1.29 is 28.7 Å². The predicted octanol–water partition coefficient (Wildman–Crippen LogP) is 4.23. The highest BCUT2D eigenvalue weighted by Crippen LogP contribution is 2.47. The number of morpholine rings is 1. The van der Waals surface area contributed by atoms with E-state index in [4.69, 9.17) is 4.74 Å². The Labute approximate surface area is 316 Å². The van der Waals surface area contributed by atoms with E-state index in [-0.39, 0.29) is 24.0 Å². The third kappa shape index (κ3) is 14.7. The molecular formula is C42H63N5O6. The summed E-state index contributed by atoms with van der Waals surface area (Å²) in [4.78, 5) is 68.1. The van der Waals surface area contributed by atoms with Gasteiger partial charge in [-0.05, 0) is 61.6 Å². The van der Waals surface area contributed by atoms with Crippen molar-refractivity contribution in [3.63, 3.8) is 0 Å². The number of carbonyl (C=O) groups excluding carboxylic acids is 5. The van der Waals surface area contributed by atoms with E-state index < -0.39 is 47.3 Å². The van der Waals surface area contributed by atoms with Gasteiger partial charge in [-0.15, -0.1) is 0 Å². The first kappa shape index (κ1) is 43.3. The number of likely N-dealkylation sites (N-methyl/N-ethyl adjacent to an activating group) is 1. The van der Waals surface area contributed by atoms with E-state index in [9.17, 15) is 24.0 Å². The number of ether oxygens (including phenoxy) is 1. The normalized spacial score (nSPS) is 17.8. The smallest absolute Gasteiger partial charge is 0.243 e. The minimum Gasteiger partial charge on any atom is -0.379 e. The van der Waals surface area contributed by atoms with E-state index in [0.717, 1.165) is 50.3 Å². The van der Waals surface area contributed by atoms with Gasteiger partial charge in [-0.2, -0.15) is 0 Å². The molecule has 2 aromatic rings. The van der Waals surface area contributed by atoms with Crippen molar-refractivity contribution in [2.75, 3.05) is 32.8 Å². The number of hydrogen-bond donors (Lipinski definition) is 4. The number of rotatable bonds is 20. The lowest BCUT2D eigenvalue weighted by Crippen LogP contribution is -2.59. The maximum Gasteiger partial charge on any atom is 0.243 e. The van der Waals surface area contributed by atoms with Crippen molar-refractivity contribution in [3.8, 4) is 0 Å². The summed E-state index contributed by atoms with van der Waals surface area (Å²) in [5.41, 5.74) is 1.46. The number of amides is 4. The molecule has 1 aliphatic heterocycles. The molecule has 0 spiro atoms. The summed E-state index contributed by atoms with van der Waals surface area (Å²) in [6, 6.07) is 15.6. The van der Waals surface area contributed by atoms with Crippen LogP contribution in [0.25, 0.3) is 0 Å². The van der Waals surface area contributed by atoms with Gasteiger partial charge in [0, 0.05) is 24.9 Å². The van der Waals surface area contributed by atoms with E-state index in [1.807, 2.05) is 95.3 Å². The van der Waals surface area contributed by atoms with Crippen LogP contribution in [0.3, 0.4) is 0 Å². The SMILES string of the molecule is CCC(C)C(NC(=O)[C@H](Cc1ccccc1)NC(=O)C(CC(C)C)NC(=O)[C@H](CCc1ccccc1)NC=O)C(=O)C1(C)CC1.CCN1CCOCC1. The molecule has 2 aliphatic rings. The molecule has 4 amide bonds. The Morgan fingerprint density at radius 2 is 1.34 bits per heavy atom. The second-order valence-electron chi connectivity index (χ2n) is 15.1. The van der Waals surface area contributed by atoms with Gasteiger partial charge in [-0.3, -0.25) is 28.9 Å². The molecule has 3 unspecified atom stereocenters. The first-order chi connectivity index (χ1) is 25.4. The Morgan fingerprint density at radius 3 is 1.85 bits per heavy atom. The number of ketones is 1. The Balaban J connectivity index is 0.000000832. The van der Waals surface area contributed by atoms with Crippen LogP contribution >= 0.6 is 0 Å². The quantitative estimate of drug-likeness (QED) is 0.149. The topological polar surface area (TPSA) is 146 Å². The lowest BCUT2D eigenvalue weighted by atomic mass is 9.87. The molecular weight excluding hydrogens is 670 g/mol. The van der Waals surface area contributed by atoms with Crippen molar-refractivity contribution in [2.45, 2.75) is 111 Å². The van der Waals surface area contributed by atoms with Gasteiger partial charge in [0.15, 0.2) is 5.78 Å². The maximum atomic E-state index is 13.8. The Bertz CT molecular complexity index is 1430. The van der Waals surface area contributed by atoms with E-state index in [1.165, 1.54) is 6.54 Å². The molecule has 4 rings (SSSR count). The third-order valence-corrected chi connectivity index (χ3v) is 10.3. The molecule has 1 aliphatic carbocycles. The highest BCUT2D eigenvalue weighted by molar-refractivity contribution is 5.97. The second kappa shape index (κ2) is 22.2. The van der Waals surface area contributed by atoms with Crippen LogP contribution in [0.1, 0.15) is 84.8 Å². The molecule has 1 saturated heterocycles. The zero-order valence-corrected chi connectivity index (χ0v) is 32.7. The zero-order chi connectivity index (χ0) is 38.8. The van der Waals surface area contributed by atoms with Crippen molar-refractivity contribution in [2.24, 2.45) is 17.3 Å². The van der Waals surface area contributed by atoms with Crippen molar-refractivity contribution >= 4 is 29.9 Å². The molecule has 1 heterocycles. The number of nitrogens with zero attached hydrogens (tertiary/aromatic N) is 1. The lowest BCUT2D eigenvalue weighted by molar-refractivity contribution is -0.135. The fourth-order valence-electron chi connectivity index (χ4n) is 6.32. The molecule has 11 heteroatoms. The summed E-state index contributed by atoms with van der Waals surface area (Å²) in [6.45, 7) is 17.2. The first-order valence-electron chi connectivity index (χ1n) is 19.4. The van der Waals surface area contributed by atoms with Crippen LogP contribution in [0.5, 0.6) is 0 Å². The molecule has 1 saturated carbocycles. The number of carbonyl (C=O) groups is 5. The zero-order valence-electron chi connectivity index (χ0n) is 32.7. The number of hydrogen-bond acceptors (Lipinski definition) is 7. The van der Waals surface area contributed by atoms with Crippen LogP contribution in [0.2, 0.25) is 0 Å². The molecule has 0 radical (unpaired) electrons. The van der Waals surface area contributed by atoms with E-state index in [1.54, 1.807) is 0 Å². The summed E-state index contributed by atoms with van der Waals surface area (Å²) < 4.78 is 5.16. The number of benzene rings is 2. The monoisotopic (exact) mass is 733 g/mol. The molecule has 5 atom stereocenters. The van der Waals surface area contributed by atoms with Gasteiger partial charge in [0.25, 0.3) is 0 Å². The average molecular weight is 734 g/mol. The summed E-state index contributed by atoms with van der Waals surface area (Å²) in [7, 11) is 0. The molecule has 53 heavy (non-hydrogen) atoms. The second-order valence-corrected chi connectivity index (χ2v) is 15.1. The number of aryl methyl sites for hydroxylation is 1. The number of nitrogens with one attached hydrogen (secondary N) is 4. The minimum absolute atomic E-state index is 0.0316. The molecule has 4 N–H and O–H groups in total. The van der Waals surface area contributed by atoms with Gasteiger partial charge in [0.2, 0.25) is 24.1 Å². The van der Waals surface area contributed by atoms with Crippen molar-refractivity contribution in [1.29, 1.82) is 0 Å². The van der Waals surface area contributed by atoms with Crippen LogP contribution in [-0.2, 0) is 41.6 Å². The Morgan fingerprint density at radius 1 is 0.792 bits per heavy atom. The summed E-state index contributed by atoms with van der Waals surface area (Å²) in [5.74, 6) is -1.39. The van der Waals surface area contributed by atoms with Gasteiger partial charge in [-0.1, -0.05) is 109 Å². The largest absolute Gasteiger partial charge is 0.379 e. The highest BCUT2D eigenvalue weighted by Gasteiger charge is 2.49. The number of Topliss-reactive ketones (excluding diaryl/α,β-unsaturated/α-hetero) is 1. The average Bonchev–Trinajstić information content (AvgIpc) is 3.93. The van der Waals surface area contributed by atoms with Gasteiger partial charge >= 0.3 is 0 Å². The van der Waals surface area contributed by atoms with E-state index in [0.29, 0.717) is 32.1 Å². The maximum absolute atomic E-state index is 13.8. The molecule has 0 aromatic heterocycles. The summed E-state index contributed by atoms with van der Waals surface area (Å²) >= 11 is 0. The Hall–Kier alpha value is -4.09. The van der Waals surface area contributed by atoms with Crippen LogP contribution in [0, 0.1) is 17.3 Å². The van der Waals surface area contributed by atoms with Crippen molar-refractivity contribution in [3.05, 3.63) is 71.8 Å². The third-order valence-electron chi connectivity index (χ3n) is 10.3. The van der Waals surface area contributed by atoms with E-state index >= 15 is 0 Å². The fourth-order valence-corrected chi connectivity index (χ4v) is 6.32. The van der Waals surface area contributed by atoms with Gasteiger partial charge in [0.05, 0.1) is 19.3 Å². The fraction of sp³-hybridized carbons (Fsp3) is 0.595. The highest BCUT2D eigenvalue weighted by atomic mass is 16.5. The van der Waals surface area contributed by atoms with Crippen molar-refractivity contribution in [1.82, 2.24) is 26.2 Å². The molecule has 292 valence electrons. The molecule has 11 nitrogen and oxygen atoms in total.